The fourth-order valence-corrected chi connectivity index (χ4v) is 3.48. The molecule has 22 heavy (non-hydrogen) atoms. The molecule has 0 unspecified atom stereocenters. The molecule has 2 aromatic rings. The maximum Gasteiger partial charge on any atom is 0.357 e. The quantitative estimate of drug-likeness (QED) is 0.249. The van der Waals surface area contributed by atoms with Crippen LogP contribution in [0.5, 0.6) is 0 Å². The van der Waals surface area contributed by atoms with Crippen LogP contribution in [0, 0.1) is 21.0 Å². The molecule has 0 saturated carbocycles. The van der Waals surface area contributed by atoms with Crippen molar-refractivity contribution in [3.05, 3.63) is 66.8 Å². The number of hydrogen-bond acceptors (Lipinski definition) is 0. The molecule has 0 atom stereocenters. The second kappa shape index (κ2) is 18.4. The minimum Gasteiger partial charge on any atom is -1.00 e. The average molecular weight is 503 g/mol. The normalized spacial score (nSPS) is 7.00. The second-order valence-corrected chi connectivity index (χ2v) is 6.72. The SMILES string of the molecule is Cc1ccc([I+]c2ccc(C)cc2)cc1.F.F.F.F.F.[As].[F-]. The Kier molecular flexibility index (Phi) is 31.3. The Morgan fingerprint density at radius 1 is 0.545 bits per heavy atom. The Morgan fingerprint density at radius 3 is 1.00 bits per heavy atom. The number of aryl methyl sites for hydroxylation is 2. The van der Waals surface area contributed by atoms with Gasteiger partial charge in [0.15, 0.2) is 7.14 Å². The fraction of sp³-hybridized carbons (Fsp3) is 0.143. The van der Waals surface area contributed by atoms with Crippen molar-refractivity contribution >= 4 is 18.0 Å². The standard InChI is InChI=1S/C14H14I.As.6FH/c1-11-3-7-13(8-4-11)15-14-9-5-12(2)6-10-14;;;;;;;/h3-10H,1-2H3;;6*1H/q+1;;;;;;;/p-1. The van der Waals surface area contributed by atoms with Crippen LogP contribution in [0.15, 0.2) is 48.5 Å². The van der Waals surface area contributed by atoms with Crippen molar-refractivity contribution in [3.63, 3.8) is 0 Å². The van der Waals surface area contributed by atoms with Crippen LogP contribution in [-0.4, -0.2) is 18.0 Å². The molecule has 0 aliphatic heterocycles. The third-order valence-electron chi connectivity index (χ3n) is 2.24. The summed E-state index contributed by atoms with van der Waals surface area (Å²) in [5, 5.41) is 0. The van der Waals surface area contributed by atoms with Gasteiger partial charge in [-0.3, -0.25) is 23.5 Å². The first-order chi connectivity index (χ1) is 7.24. The van der Waals surface area contributed by atoms with Gasteiger partial charge in [0, 0.05) is 18.0 Å². The van der Waals surface area contributed by atoms with Crippen LogP contribution in [0.3, 0.4) is 0 Å². The zero-order chi connectivity index (χ0) is 10.7. The van der Waals surface area contributed by atoms with Crippen molar-refractivity contribution in [1.82, 2.24) is 0 Å². The van der Waals surface area contributed by atoms with Gasteiger partial charge in [0.2, 0.25) is 0 Å². The molecule has 0 aliphatic rings. The summed E-state index contributed by atoms with van der Waals surface area (Å²) in [6.45, 7) is 4.27. The van der Waals surface area contributed by atoms with Crippen molar-refractivity contribution in [2.24, 2.45) is 0 Å². The maximum absolute atomic E-state index is 2.25. The Hall–Kier alpha value is -0.692. The van der Waals surface area contributed by atoms with E-state index in [1.165, 1.54) is 18.3 Å². The van der Waals surface area contributed by atoms with Gasteiger partial charge in [-0.1, -0.05) is 35.4 Å². The Labute approximate surface area is 147 Å². The number of halogens is 7. The predicted molar refractivity (Wildman–Crippen MR) is 78.0 cm³/mol. The molecule has 129 valence electrons. The summed E-state index contributed by atoms with van der Waals surface area (Å²) in [4.78, 5) is 0. The first kappa shape index (κ1) is 37.5. The molecule has 8 heteroatoms. The molecule has 2 aromatic carbocycles. The van der Waals surface area contributed by atoms with Crippen molar-refractivity contribution < 1.29 is 49.4 Å². The molecule has 0 bridgehead atoms. The monoisotopic (exact) mass is 503 g/mol. The Bertz CT molecular complexity index is 406. The fourth-order valence-electron chi connectivity index (χ4n) is 1.32. The molecule has 0 spiro atoms. The molecule has 2 rings (SSSR count). The van der Waals surface area contributed by atoms with Gasteiger partial charge in [-0.25, -0.2) is 0 Å². The largest absolute Gasteiger partial charge is 1.00 e. The molecule has 0 nitrogen and oxygen atoms in total. The third kappa shape index (κ3) is 11.9. The van der Waals surface area contributed by atoms with E-state index in [0.717, 1.165) is 0 Å². The van der Waals surface area contributed by atoms with Crippen LogP contribution < -0.4 is 25.9 Å². The van der Waals surface area contributed by atoms with Crippen molar-refractivity contribution in [2.75, 3.05) is 0 Å². The van der Waals surface area contributed by atoms with Gasteiger partial charge >= 0.3 is 21.2 Å². The van der Waals surface area contributed by atoms with Gasteiger partial charge in [0.1, 0.15) is 0 Å². The Morgan fingerprint density at radius 2 is 0.773 bits per heavy atom. The van der Waals surface area contributed by atoms with E-state index in [9.17, 15) is 0 Å². The summed E-state index contributed by atoms with van der Waals surface area (Å²) in [7, 11) is 0. The van der Waals surface area contributed by atoms with Crippen LogP contribution in [0.4, 0.5) is 23.5 Å². The van der Waals surface area contributed by atoms with Gasteiger partial charge in [-0.2, -0.15) is 0 Å². The van der Waals surface area contributed by atoms with E-state index < -0.39 is 0 Å². The molecular formula is C14H19AsF6I. The van der Waals surface area contributed by atoms with Crippen LogP contribution in [0.25, 0.3) is 0 Å². The molecule has 0 aliphatic carbocycles. The number of benzene rings is 2. The number of rotatable bonds is 2. The summed E-state index contributed by atoms with van der Waals surface area (Å²) < 4.78 is 2.98. The molecular weight excluding hydrogens is 484 g/mol. The van der Waals surface area contributed by atoms with Gasteiger partial charge in [-0.05, 0) is 38.1 Å². The molecule has 0 aromatic heterocycles. The molecule has 0 saturated heterocycles. The molecule has 3 radical (unpaired) electrons. The third-order valence-corrected chi connectivity index (χ3v) is 4.92. The molecule has 0 amide bonds. The summed E-state index contributed by atoms with van der Waals surface area (Å²) in [6, 6.07) is 17.8. The summed E-state index contributed by atoms with van der Waals surface area (Å²) in [5.74, 6) is 0. The van der Waals surface area contributed by atoms with Gasteiger partial charge in [0.05, 0.1) is 0 Å². The zero-order valence-corrected chi connectivity index (χ0v) is 15.9. The minimum atomic E-state index is 0. The average Bonchev–Trinajstić information content (AvgIpc) is 2.25. The first-order valence-corrected chi connectivity index (χ1v) is 7.18. The topological polar surface area (TPSA) is 0 Å². The summed E-state index contributed by atoms with van der Waals surface area (Å²) >= 11 is 0.00313. The van der Waals surface area contributed by atoms with Gasteiger partial charge in [0.25, 0.3) is 0 Å². The van der Waals surface area contributed by atoms with Gasteiger partial charge < -0.3 is 4.70 Å². The van der Waals surface area contributed by atoms with E-state index >= 15 is 0 Å². The van der Waals surface area contributed by atoms with E-state index in [1.54, 1.807) is 0 Å². The molecule has 0 fully saturated rings. The summed E-state index contributed by atoms with van der Waals surface area (Å²) in [5.41, 5.74) is 2.68. The predicted octanol–water partition coefficient (Wildman–Crippen LogP) is -2.18. The van der Waals surface area contributed by atoms with Crippen molar-refractivity contribution in [2.45, 2.75) is 13.8 Å². The van der Waals surface area contributed by atoms with Crippen LogP contribution in [-0.2, 0) is 0 Å². The van der Waals surface area contributed by atoms with Crippen molar-refractivity contribution in [1.29, 1.82) is 0 Å². The van der Waals surface area contributed by atoms with Crippen LogP contribution >= 0.6 is 0 Å². The van der Waals surface area contributed by atoms with E-state index in [0.29, 0.717) is 0 Å². The van der Waals surface area contributed by atoms with E-state index in [-0.39, 0.29) is 67.4 Å². The van der Waals surface area contributed by atoms with Crippen molar-refractivity contribution in [3.8, 4) is 0 Å². The van der Waals surface area contributed by atoms with E-state index in [2.05, 4.69) is 62.4 Å². The Balaban J connectivity index is -0.0000000914. The molecule has 0 heterocycles. The zero-order valence-electron chi connectivity index (χ0n) is 11.9. The van der Waals surface area contributed by atoms with Crippen LogP contribution in [0.2, 0.25) is 0 Å². The maximum atomic E-state index is 2.25. The van der Waals surface area contributed by atoms with Gasteiger partial charge in [-0.15, -0.1) is 0 Å². The first-order valence-electron chi connectivity index (χ1n) is 5.02. The summed E-state index contributed by atoms with van der Waals surface area (Å²) in [6.07, 6.45) is 0. The second-order valence-electron chi connectivity index (χ2n) is 3.69. The van der Waals surface area contributed by atoms with Crippen LogP contribution in [0.1, 0.15) is 11.1 Å². The smallest absolute Gasteiger partial charge is 0.357 e. The molecule has 0 N–H and O–H groups in total. The van der Waals surface area contributed by atoms with E-state index in [1.807, 2.05) is 0 Å². The number of hydrogen-bond donors (Lipinski definition) is 0. The minimum absolute atomic E-state index is 0. The van der Waals surface area contributed by atoms with E-state index in [4.69, 9.17) is 0 Å².